The van der Waals surface area contributed by atoms with Gasteiger partial charge in [-0.25, -0.2) is 9.07 Å². The molecule has 0 saturated carbocycles. The lowest BCUT2D eigenvalue weighted by molar-refractivity contribution is 0.00813. The highest BCUT2D eigenvalue weighted by atomic mass is 19.1. The van der Waals surface area contributed by atoms with Crippen molar-refractivity contribution in [2.24, 2.45) is 0 Å². The van der Waals surface area contributed by atoms with Crippen LogP contribution in [0.5, 0.6) is 11.6 Å². The molecule has 0 radical (unpaired) electrons. The Kier molecular flexibility index (Phi) is 4.20. The van der Waals surface area contributed by atoms with Crippen LogP contribution >= 0.6 is 0 Å². The lowest BCUT2D eigenvalue weighted by Crippen LogP contribution is -2.59. The van der Waals surface area contributed by atoms with Gasteiger partial charge < -0.3 is 15.2 Å². The number of phenolic OH excluding ortho intramolecular Hbond substituents is 1. The number of rotatable bonds is 4. The van der Waals surface area contributed by atoms with Gasteiger partial charge in [0, 0.05) is 30.2 Å². The minimum absolute atomic E-state index is 0.0487. The minimum atomic E-state index is -1.10. The van der Waals surface area contributed by atoms with Crippen LogP contribution in [0.2, 0.25) is 0 Å². The summed E-state index contributed by atoms with van der Waals surface area (Å²) in [7, 11) is 0. The molecule has 3 aromatic rings. The summed E-state index contributed by atoms with van der Waals surface area (Å²) in [5, 5.41) is 29.6. The van der Waals surface area contributed by atoms with Gasteiger partial charge >= 0.3 is 0 Å². The number of benzene rings is 1. The maximum absolute atomic E-state index is 14.9. The van der Waals surface area contributed by atoms with Gasteiger partial charge in [0.05, 0.1) is 29.3 Å². The van der Waals surface area contributed by atoms with E-state index >= 15 is 0 Å². The first-order valence-corrected chi connectivity index (χ1v) is 9.64. The second kappa shape index (κ2) is 6.77. The van der Waals surface area contributed by atoms with Crippen LogP contribution in [0.25, 0.3) is 16.9 Å². The molecule has 8 nitrogen and oxygen atoms in total. The summed E-state index contributed by atoms with van der Waals surface area (Å²) in [6.07, 6.45) is 4.00. The van der Waals surface area contributed by atoms with E-state index in [2.05, 4.69) is 25.8 Å². The van der Waals surface area contributed by atoms with Crippen molar-refractivity contribution in [3.63, 3.8) is 0 Å². The Balaban J connectivity index is 1.33. The Labute approximate surface area is 166 Å². The Morgan fingerprint density at radius 3 is 2.90 bits per heavy atom. The number of halogens is 1. The molecule has 2 saturated heterocycles. The molecule has 0 aliphatic carbocycles. The van der Waals surface area contributed by atoms with Crippen molar-refractivity contribution in [1.29, 1.82) is 0 Å². The van der Waals surface area contributed by atoms with Gasteiger partial charge in [0.25, 0.3) is 0 Å². The van der Waals surface area contributed by atoms with Gasteiger partial charge in [-0.2, -0.15) is 0 Å². The number of phenols is 1. The van der Waals surface area contributed by atoms with Gasteiger partial charge in [-0.3, -0.25) is 0 Å². The molecule has 5 rings (SSSR count). The number of piperidine rings is 1. The van der Waals surface area contributed by atoms with E-state index in [1.54, 1.807) is 47.4 Å². The van der Waals surface area contributed by atoms with Crippen LogP contribution in [-0.2, 0) is 0 Å². The lowest BCUT2D eigenvalue weighted by atomic mass is 9.88. The molecule has 2 fully saturated rings. The van der Waals surface area contributed by atoms with E-state index in [1.807, 2.05) is 6.92 Å². The fraction of sp³-hybridized carbons (Fsp3) is 0.400. The molecule has 2 bridgehead atoms. The molecule has 0 amide bonds. The maximum atomic E-state index is 14.9. The third-order valence-corrected chi connectivity index (χ3v) is 5.85. The van der Waals surface area contributed by atoms with E-state index in [1.165, 1.54) is 0 Å². The average molecular weight is 396 g/mol. The quantitative estimate of drug-likeness (QED) is 0.699. The molecule has 2 aliphatic rings. The summed E-state index contributed by atoms with van der Waals surface area (Å²) in [6.45, 7) is 1.91. The molecule has 2 aromatic heterocycles. The number of nitrogens with one attached hydrogen (secondary N) is 1. The first-order chi connectivity index (χ1) is 14.0. The van der Waals surface area contributed by atoms with Gasteiger partial charge in [-0.15, -0.1) is 15.3 Å². The van der Waals surface area contributed by atoms with Crippen molar-refractivity contribution in [3.05, 3.63) is 42.7 Å². The molecule has 0 spiro atoms. The molecule has 4 atom stereocenters. The normalized spacial score (nSPS) is 28.4. The second-order valence-electron chi connectivity index (χ2n) is 7.90. The van der Waals surface area contributed by atoms with Gasteiger partial charge in [-0.05, 0) is 38.0 Å². The Morgan fingerprint density at radius 2 is 2.17 bits per heavy atom. The highest BCUT2D eigenvalue weighted by Crippen LogP contribution is 2.39. The maximum Gasteiger partial charge on any atom is 0.233 e. The van der Waals surface area contributed by atoms with E-state index in [-0.39, 0.29) is 17.7 Å². The van der Waals surface area contributed by atoms with E-state index in [0.717, 1.165) is 12.8 Å². The second-order valence-corrected chi connectivity index (χ2v) is 7.90. The third-order valence-electron chi connectivity index (χ3n) is 5.85. The molecule has 9 heteroatoms. The zero-order chi connectivity index (χ0) is 20.0. The van der Waals surface area contributed by atoms with Gasteiger partial charge in [0.15, 0.2) is 6.17 Å². The van der Waals surface area contributed by atoms with E-state index in [4.69, 9.17) is 4.74 Å². The molecule has 2 N–H and O–H groups in total. The molecule has 0 unspecified atom stereocenters. The number of fused-ring (bicyclic) bond motifs is 2. The van der Waals surface area contributed by atoms with Crippen LogP contribution in [0, 0.1) is 0 Å². The Hall–Kier alpha value is -3.07. The smallest absolute Gasteiger partial charge is 0.233 e. The number of ether oxygens (including phenoxy) is 1. The van der Waals surface area contributed by atoms with Crippen molar-refractivity contribution in [1.82, 2.24) is 30.5 Å². The van der Waals surface area contributed by atoms with E-state index < -0.39 is 17.8 Å². The molecule has 150 valence electrons. The van der Waals surface area contributed by atoms with Crippen LogP contribution in [0.15, 0.2) is 42.7 Å². The lowest BCUT2D eigenvalue weighted by Gasteiger charge is -2.39. The van der Waals surface area contributed by atoms with Gasteiger partial charge in [0.2, 0.25) is 5.88 Å². The van der Waals surface area contributed by atoms with Crippen LogP contribution in [-0.4, -0.2) is 54.2 Å². The van der Waals surface area contributed by atoms with Crippen molar-refractivity contribution in [2.75, 3.05) is 0 Å². The fourth-order valence-corrected chi connectivity index (χ4v) is 4.30. The molecule has 2 aliphatic heterocycles. The third kappa shape index (κ3) is 3.21. The standard InChI is InChI=1S/C20H21FN6O2/c1-20-7-6-12(23-20)10-17(19(20)21)29-18-5-4-15(24-25-18)14-3-2-13(11-16(14)28)27-9-8-22-26-27/h2-5,8-9,11-12,17,19,23,28H,6-7,10H2,1H3/t12-,17-,19+,20+/m0/s1. The molecular weight excluding hydrogens is 375 g/mol. The van der Waals surface area contributed by atoms with E-state index in [9.17, 15) is 9.50 Å². The zero-order valence-electron chi connectivity index (χ0n) is 15.9. The average Bonchev–Trinajstić information content (AvgIpc) is 3.36. The number of alkyl halides is 1. The summed E-state index contributed by atoms with van der Waals surface area (Å²) in [5.74, 6) is 0.331. The van der Waals surface area contributed by atoms with E-state index in [0.29, 0.717) is 23.4 Å². The number of nitrogens with zero attached hydrogens (tertiary/aromatic N) is 5. The fourth-order valence-electron chi connectivity index (χ4n) is 4.30. The first-order valence-electron chi connectivity index (χ1n) is 9.64. The predicted octanol–water partition coefficient (Wildman–Crippen LogP) is 2.43. The van der Waals surface area contributed by atoms with Crippen molar-refractivity contribution < 1.29 is 14.2 Å². The number of aromatic nitrogens is 5. The number of hydrogen-bond acceptors (Lipinski definition) is 7. The molecule has 1 aromatic carbocycles. The van der Waals surface area contributed by atoms with Gasteiger partial charge in [0.1, 0.15) is 11.9 Å². The molecule has 4 heterocycles. The van der Waals surface area contributed by atoms with Crippen molar-refractivity contribution >= 4 is 0 Å². The summed E-state index contributed by atoms with van der Waals surface area (Å²) < 4.78 is 22.3. The van der Waals surface area contributed by atoms with Crippen LogP contribution in [0.1, 0.15) is 26.2 Å². The van der Waals surface area contributed by atoms with Crippen molar-refractivity contribution in [2.45, 2.75) is 50.0 Å². The van der Waals surface area contributed by atoms with Crippen molar-refractivity contribution in [3.8, 4) is 28.6 Å². The van der Waals surface area contributed by atoms with Crippen LogP contribution in [0.3, 0.4) is 0 Å². The van der Waals surface area contributed by atoms with Gasteiger partial charge in [-0.1, -0.05) is 5.21 Å². The largest absolute Gasteiger partial charge is 0.507 e. The summed E-state index contributed by atoms with van der Waals surface area (Å²) in [6, 6.07) is 8.76. The zero-order valence-corrected chi connectivity index (χ0v) is 15.9. The first kappa shape index (κ1) is 18.0. The summed E-state index contributed by atoms with van der Waals surface area (Å²) >= 11 is 0. The number of hydrogen-bond donors (Lipinski definition) is 2. The summed E-state index contributed by atoms with van der Waals surface area (Å²) in [4.78, 5) is 0. The molecular formula is C20H21FN6O2. The highest BCUT2D eigenvalue weighted by Gasteiger charge is 2.51. The predicted molar refractivity (Wildman–Crippen MR) is 103 cm³/mol. The monoisotopic (exact) mass is 396 g/mol. The minimum Gasteiger partial charge on any atom is -0.507 e. The SMILES string of the molecule is C[C@@]12CC[C@@H](C[C@H](Oc3ccc(-c4ccc(-n5ccnn5)cc4O)nn3)[C@H]1F)N2. The highest BCUT2D eigenvalue weighted by molar-refractivity contribution is 5.68. The topological polar surface area (TPSA) is 98.0 Å². The molecule has 29 heavy (non-hydrogen) atoms. The van der Waals surface area contributed by atoms with Crippen LogP contribution in [0.4, 0.5) is 4.39 Å². The Bertz CT molecular complexity index is 1010. The summed E-state index contributed by atoms with van der Waals surface area (Å²) in [5.41, 5.74) is 1.18. The number of aromatic hydroxyl groups is 1. The Morgan fingerprint density at radius 1 is 1.28 bits per heavy atom. The van der Waals surface area contributed by atoms with Crippen LogP contribution < -0.4 is 10.1 Å².